The maximum absolute atomic E-state index is 9.52. The summed E-state index contributed by atoms with van der Waals surface area (Å²) in [4.78, 5) is 9.73. The second kappa shape index (κ2) is 15.2. The Labute approximate surface area is 393 Å². The number of ether oxygens (including phenoxy) is 1. The first-order chi connectivity index (χ1) is 37.3. The van der Waals surface area contributed by atoms with Crippen LogP contribution in [0.3, 0.4) is 0 Å². The Hall–Kier alpha value is -7.40. The summed E-state index contributed by atoms with van der Waals surface area (Å²) in [6, 6.07) is 19.2. The van der Waals surface area contributed by atoms with E-state index in [-0.39, 0.29) is 11.1 Å². The zero-order valence-electron chi connectivity index (χ0n) is 52.4. The molecule has 9 aromatic rings. The summed E-state index contributed by atoms with van der Waals surface area (Å²) in [6.07, 6.45) is 3.42. The lowest BCUT2D eigenvalue weighted by Crippen LogP contribution is -2.12. The minimum atomic E-state index is -3.14. The van der Waals surface area contributed by atoms with Gasteiger partial charge >= 0.3 is 6.01 Å². The lowest BCUT2D eigenvalue weighted by Gasteiger charge is -2.20. The SMILES string of the molecule is [2H]c1c([2H])c(-c2c([2H])c([2H])c(C([2H])([2H])[2H])c([2H])c2[2H])c([N+]2=C=[N+](c3cc(Oc4cnc5c6ccccc6n(-c6cc(C(C)(C)C)ccn6)c5c4)cc(C(C)(C)C)c3)c3ccccc32)c(-c2c([2H])c([2H])c(C([2H])([2H])[2H])c([2H])c2[2H])c1[2H]. The van der Waals surface area contributed by atoms with Gasteiger partial charge in [-0.15, -0.1) is 0 Å². The first-order valence-corrected chi connectivity index (χ1v) is 20.3. The summed E-state index contributed by atoms with van der Waals surface area (Å²) in [5.74, 6) is 1.43. The van der Waals surface area contributed by atoms with Crippen LogP contribution in [0.15, 0.2) is 164 Å². The second-order valence-corrected chi connectivity index (χ2v) is 17.3. The number of fused-ring (bicyclic) bond motifs is 4. The predicted molar refractivity (Wildman–Crippen MR) is 261 cm³/mol. The molecule has 0 saturated heterocycles. The smallest absolute Gasteiger partial charge is 0.455 e. The Morgan fingerprint density at radius 1 is 0.619 bits per heavy atom. The molecule has 0 N–H and O–H groups in total. The van der Waals surface area contributed by atoms with Crippen molar-refractivity contribution >= 4 is 50.7 Å². The predicted octanol–water partition coefficient (Wildman–Crippen LogP) is 14.8. The first-order valence-electron chi connectivity index (χ1n) is 28.8. The number of hydrogen-bond donors (Lipinski definition) is 0. The number of pyridine rings is 2. The summed E-state index contributed by atoms with van der Waals surface area (Å²) in [5.41, 5.74) is -0.194. The van der Waals surface area contributed by atoms with Gasteiger partial charge in [-0.05, 0) is 92.3 Å². The first kappa shape index (κ1) is 24.9. The number of rotatable bonds is 7. The van der Waals surface area contributed by atoms with Gasteiger partial charge in [-0.2, -0.15) is 0 Å². The molecule has 0 aliphatic carbocycles. The van der Waals surface area contributed by atoms with E-state index in [1.807, 2.05) is 73.9 Å². The Bertz CT molecular complexity index is 4050. The van der Waals surface area contributed by atoms with E-state index < -0.39 is 125 Å². The summed E-state index contributed by atoms with van der Waals surface area (Å²) < 4.78 is 161. The van der Waals surface area contributed by atoms with Crippen LogP contribution in [0.5, 0.6) is 11.5 Å². The molecule has 63 heavy (non-hydrogen) atoms. The quantitative estimate of drug-likeness (QED) is 0.150. The maximum Gasteiger partial charge on any atom is 0.503 e. The molecule has 6 aromatic carbocycles. The Morgan fingerprint density at radius 3 is 1.90 bits per heavy atom. The molecule has 0 spiro atoms. The molecule has 6 nitrogen and oxygen atoms in total. The van der Waals surface area contributed by atoms with Gasteiger partial charge in [-0.1, -0.05) is 137 Å². The molecule has 0 bridgehead atoms. The molecule has 10 rings (SSSR count). The van der Waals surface area contributed by atoms with Gasteiger partial charge in [0.25, 0.3) is 11.4 Å². The van der Waals surface area contributed by atoms with Crippen molar-refractivity contribution in [2.45, 2.75) is 66.1 Å². The van der Waals surface area contributed by atoms with Crippen molar-refractivity contribution in [1.29, 1.82) is 0 Å². The molecule has 3 aromatic heterocycles. The average Bonchev–Trinajstić information content (AvgIpc) is 4.01. The van der Waals surface area contributed by atoms with Crippen LogP contribution in [-0.2, 0) is 10.8 Å². The van der Waals surface area contributed by atoms with Crippen molar-refractivity contribution in [3.05, 3.63) is 186 Å². The summed E-state index contributed by atoms with van der Waals surface area (Å²) >= 11 is 0. The summed E-state index contributed by atoms with van der Waals surface area (Å²) in [6.45, 7) is 6.16. The van der Waals surface area contributed by atoms with Crippen LogP contribution < -0.4 is 13.9 Å². The van der Waals surface area contributed by atoms with E-state index in [0.29, 0.717) is 28.7 Å². The van der Waals surface area contributed by atoms with E-state index in [9.17, 15) is 9.60 Å². The van der Waals surface area contributed by atoms with Gasteiger partial charge in [-0.25, -0.2) is 4.98 Å². The third-order valence-electron chi connectivity index (χ3n) is 11.0. The van der Waals surface area contributed by atoms with E-state index in [0.717, 1.165) is 33.1 Å². The van der Waals surface area contributed by atoms with E-state index in [2.05, 4.69) is 32.8 Å². The molecular weight excluding hydrogens is 771 g/mol. The topological polar surface area (TPSA) is 46.0 Å². The van der Waals surface area contributed by atoms with Crippen LogP contribution in [0.1, 0.15) is 87.1 Å². The van der Waals surface area contributed by atoms with Crippen LogP contribution in [0.4, 0.5) is 22.7 Å². The normalized spacial score (nSPS) is 17.0. The maximum atomic E-state index is 9.52. The molecular formula is C57H51N5O+2. The van der Waals surface area contributed by atoms with E-state index >= 15 is 0 Å². The van der Waals surface area contributed by atoms with Crippen molar-refractivity contribution < 1.29 is 28.0 Å². The lowest BCUT2D eigenvalue weighted by molar-refractivity contribution is 0.477. The standard InChI is InChI=1S/C57H51N5O/c1-37-20-24-39(25-21-37)46-15-13-16-47(40-26-22-38(2)23-27-40)55(46)61-36-60(50-18-11-12-19-51(50)61)43-30-42(57(6,7)8)31-44(33-43)63-45-34-52-54(59-35-45)48-14-9-10-17-49(48)62(52)53-32-41(28-29-58-53)56(3,4)5/h9-35H,1-8H3/q+2/i1D3,2D3,13D,15D,16D,20D,21D,22D,23D,24D,25D,26D,27D. The van der Waals surface area contributed by atoms with Crippen molar-refractivity contribution in [3.63, 3.8) is 0 Å². The third-order valence-corrected chi connectivity index (χ3v) is 11.0. The van der Waals surface area contributed by atoms with Gasteiger partial charge in [0.05, 0.1) is 55.0 Å². The van der Waals surface area contributed by atoms with Crippen LogP contribution in [0.2, 0.25) is 0 Å². The number of hydrogen-bond acceptors (Lipinski definition) is 3. The molecule has 1 aliphatic rings. The third kappa shape index (κ3) is 7.33. The van der Waals surface area contributed by atoms with Crippen LogP contribution in [0.25, 0.3) is 50.0 Å². The minimum Gasteiger partial charge on any atom is -0.455 e. The number of nitrogens with zero attached hydrogens (tertiary/aromatic N) is 5. The molecule has 1 aliphatic heterocycles. The molecule has 0 amide bonds. The monoisotopic (exact) mass is 839 g/mol. The fourth-order valence-corrected chi connectivity index (χ4v) is 7.74. The fraction of sp³-hybridized carbons (Fsp3) is 0.175. The Kier molecular flexibility index (Phi) is 6.00. The van der Waals surface area contributed by atoms with E-state index in [1.54, 1.807) is 47.3 Å². The number of aromatic nitrogens is 3. The van der Waals surface area contributed by atoms with Crippen molar-refractivity contribution in [1.82, 2.24) is 23.7 Å². The van der Waals surface area contributed by atoms with Crippen molar-refractivity contribution in [2.75, 3.05) is 0 Å². The molecule has 0 unspecified atom stereocenters. The fourth-order valence-electron chi connectivity index (χ4n) is 7.74. The Morgan fingerprint density at radius 2 is 1.25 bits per heavy atom. The lowest BCUT2D eigenvalue weighted by atomic mass is 9.86. The number of benzene rings is 6. The summed E-state index contributed by atoms with van der Waals surface area (Å²) in [5, 5.41) is 0.910. The van der Waals surface area contributed by atoms with Crippen molar-refractivity contribution in [2.24, 2.45) is 0 Å². The van der Waals surface area contributed by atoms with Gasteiger partial charge in [0.15, 0.2) is 0 Å². The molecule has 0 fully saturated rings. The highest BCUT2D eigenvalue weighted by atomic mass is 16.5. The van der Waals surface area contributed by atoms with Gasteiger partial charge < -0.3 is 4.74 Å². The largest absolute Gasteiger partial charge is 0.503 e. The van der Waals surface area contributed by atoms with Gasteiger partial charge in [0.1, 0.15) is 17.3 Å². The average molecular weight is 839 g/mol. The zero-order chi connectivity index (χ0) is 58.2. The highest BCUT2D eigenvalue weighted by Crippen LogP contribution is 2.45. The highest BCUT2D eigenvalue weighted by Gasteiger charge is 2.39. The van der Waals surface area contributed by atoms with Crippen LogP contribution in [-0.4, -0.2) is 20.5 Å². The Balaban J connectivity index is 1.27. The van der Waals surface area contributed by atoms with E-state index in [1.165, 1.54) is 4.58 Å². The highest BCUT2D eigenvalue weighted by molar-refractivity contribution is 6.07. The molecule has 4 heterocycles. The summed E-state index contributed by atoms with van der Waals surface area (Å²) in [7, 11) is 0. The van der Waals surface area contributed by atoms with Gasteiger partial charge in [-0.3, -0.25) is 9.55 Å². The minimum absolute atomic E-state index is 0.164. The van der Waals surface area contributed by atoms with Gasteiger partial charge in [0.2, 0.25) is 11.4 Å². The molecule has 6 heteroatoms. The van der Waals surface area contributed by atoms with Crippen molar-refractivity contribution in [3.8, 4) is 39.6 Å². The molecule has 0 radical (unpaired) electrons. The number of para-hydroxylation sites is 4. The molecule has 0 saturated carbocycles. The molecule has 0 atom stereocenters. The van der Waals surface area contributed by atoms with Crippen LogP contribution >= 0.6 is 0 Å². The van der Waals surface area contributed by atoms with Gasteiger partial charge in [0, 0.05) is 44.1 Å². The second-order valence-electron chi connectivity index (χ2n) is 17.3. The zero-order valence-corrected chi connectivity index (χ0v) is 35.4. The van der Waals surface area contributed by atoms with E-state index in [4.69, 9.17) is 28.4 Å². The molecule has 308 valence electrons. The van der Waals surface area contributed by atoms with Crippen LogP contribution in [0, 0.1) is 13.7 Å².